The van der Waals surface area contributed by atoms with Crippen LogP contribution in [0.2, 0.25) is 5.02 Å². The van der Waals surface area contributed by atoms with Gasteiger partial charge in [0.1, 0.15) is 5.78 Å². The average molecular weight is 226 g/mol. The Morgan fingerprint density at radius 2 is 2.13 bits per heavy atom. The third-order valence-corrected chi connectivity index (χ3v) is 2.65. The van der Waals surface area contributed by atoms with E-state index in [0.29, 0.717) is 11.4 Å². The quantitative estimate of drug-likeness (QED) is 0.785. The van der Waals surface area contributed by atoms with Crippen molar-refractivity contribution in [2.75, 3.05) is 14.1 Å². The Hall–Kier alpha value is -0.860. The van der Waals surface area contributed by atoms with Crippen LogP contribution in [0, 0.1) is 0 Å². The molecule has 0 radical (unpaired) electrons. The van der Waals surface area contributed by atoms with Crippen LogP contribution in [-0.2, 0) is 11.2 Å². The molecular formula is C12H16ClNO. The first-order chi connectivity index (χ1) is 7.00. The van der Waals surface area contributed by atoms with Gasteiger partial charge < -0.3 is 0 Å². The van der Waals surface area contributed by atoms with E-state index < -0.39 is 0 Å². The van der Waals surface area contributed by atoms with Crippen molar-refractivity contribution in [1.29, 1.82) is 0 Å². The van der Waals surface area contributed by atoms with Gasteiger partial charge in [0, 0.05) is 5.02 Å². The summed E-state index contributed by atoms with van der Waals surface area (Å²) >= 11 is 5.89. The molecule has 1 aromatic carbocycles. The van der Waals surface area contributed by atoms with Crippen LogP contribution in [0.15, 0.2) is 24.3 Å². The van der Waals surface area contributed by atoms with E-state index in [1.165, 1.54) is 0 Å². The first kappa shape index (κ1) is 12.2. The van der Waals surface area contributed by atoms with Gasteiger partial charge in [-0.2, -0.15) is 0 Å². The first-order valence-electron chi connectivity index (χ1n) is 4.92. The molecule has 15 heavy (non-hydrogen) atoms. The van der Waals surface area contributed by atoms with Crippen molar-refractivity contribution in [2.24, 2.45) is 0 Å². The van der Waals surface area contributed by atoms with Crippen molar-refractivity contribution in [1.82, 2.24) is 4.90 Å². The summed E-state index contributed by atoms with van der Waals surface area (Å²) in [5, 5.41) is 0.716. The lowest BCUT2D eigenvalue weighted by atomic mass is 10.0. The van der Waals surface area contributed by atoms with Gasteiger partial charge in [0.25, 0.3) is 0 Å². The summed E-state index contributed by atoms with van der Waals surface area (Å²) in [6, 6.07) is 7.57. The lowest BCUT2D eigenvalue weighted by molar-refractivity contribution is -0.121. The molecule has 1 aromatic rings. The normalized spacial score (nSPS) is 12.9. The lowest BCUT2D eigenvalue weighted by Gasteiger charge is -2.21. The summed E-state index contributed by atoms with van der Waals surface area (Å²) in [5.41, 5.74) is 1.09. The molecule has 0 aromatic heterocycles. The van der Waals surface area contributed by atoms with Crippen LogP contribution < -0.4 is 0 Å². The van der Waals surface area contributed by atoms with Gasteiger partial charge in [-0.05, 0) is 45.1 Å². The van der Waals surface area contributed by atoms with Crippen LogP contribution in [-0.4, -0.2) is 30.8 Å². The zero-order valence-corrected chi connectivity index (χ0v) is 10.1. The summed E-state index contributed by atoms with van der Waals surface area (Å²) in [6.07, 6.45) is 0.711. The van der Waals surface area contributed by atoms with Gasteiger partial charge >= 0.3 is 0 Å². The monoisotopic (exact) mass is 225 g/mol. The van der Waals surface area contributed by atoms with E-state index in [4.69, 9.17) is 11.6 Å². The number of benzene rings is 1. The van der Waals surface area contributed by atoms with E-state index >= 15 is 0 Å². The highest BCUT2D eigenvalue weighted by Crippen LogP contribution is 2.13. The molecule has 0 heterocycles. The van der Waals surface area contributed by atoms with E-state index in [1.54, 1.807) is 6.92 Å². The summed E-state index contributed by atoms with van der Waals surface area (Å²) in [7, 11) is 3.83. The molecule has 0 N–H and O–H groups in total. The summed E-state index contributed by atoms with van der Waals surface area (Å²) in [6.45, 7) is 1.62. The molecule has 0 aliphatic heterocycles. The van der Waals surface area contributed by atoms with Gasteiger partial charge in [-0.1, -0.05) is 23.7 Å². The van der Waals surface area contributed by atoms with E-state index in [1.807, 2.05) is 43.3 Å². The highest BCUT2D eigenvalue weighted by Gasteiger charge is 2.16. The smallest absolute Gasteiger partial charge is 0.147 e. The maximum atomic E-state index is 11.4. The van der Waals surface area contributed by atoms with Crippen molar-refractivity contribution in [3.05, 3.63) is 34.9 Å². The van der Waals surface area contributed by atoms with Crippen LogP contribution in [0.3, 0.4) is 0 Å². The van der Waals surface area contributed by atoms with E-state index in [2.05, 4.69) is 0 Å². The number of hydrogen-bond acceptors (Lipinski definition) is 2. The molecule has 0 saturated heterocycles. The fourth-order valence-electron chi connectivity index (χ4n) is 1.58. The summed E-state index contributed by atoms with van der Waals surface area (Å²) < 4.78 is 0. The Balaban J connectivity index is 2.79. The van der Waals surface area contributed by atoms with Gasteiger partial charge in [0.05, 0.1) is 6.04 Å². The number of halogens is 1. The fraction of sp³-hybridized carbons (Fsp3) is 0.417. The van der Waals surface area contributed by atoms with Crippen LogP contribution in [0.5, 0.6) is 0 Å². The van der Waals surface area contributed by atoms with Crippen molar-refractivity contribution >= 4 is 17.4 Å². The topological polar surface area (TPSA) is 20.3 Å². The second-order valence-electron chi connectivity index (χ2n) is 3.92. The largest absolute Gasteiger partial charge is 0.299 e. The highest BCUT2D eigenvalue weighted by molar-refractivity contribution is 6.30. The molecule has 82 valence electrons. The zero-order valence-electron chi connectivity index (χ0n) is 9.33. The van der Waals surface area contributed by atoms with Crippen molar-refractivity contribution in [3.63, 3.8) is 0 Å². The molecule has 0 aliphatic rings. The molecule has 0 spiro atoms. The van der Waals surface area contributed by atoms with E-state index in [0.717, 1.165) is 5.56 Å². The minimum Gasteiger partial charge on any atom is -0.299 e. The molecule has 0 unspecified atom stereocenters. The third-order valence-electron chi connectivity index (χ3n) is 2.41. The van der Waals surface area contributed by atoms with Crippen molar-refractivity contribution in [2.45, 2.75) is 19.4 Å². The number of Topliss-reactive ketones (excluding diaryl/α,β-unsaturated/α-hetero) is 1. The number of likely N-dealkylation sites (N-methyl/N-ethyl adjacent to an activating group) is 1. The molecule has 0 saturated carbocycles. The Bertz CT molecular complexity index is 349. The number of carbonyl (C=O) groups is 1. The van der Waals surface area contributed by atoms with Crippen LogP contribution in [0.1, 0.15) is 12.5 Å². The number of hydrogen-bond donors (Lipinski definition) is 0. The number of rotatable bonds is 4. The summed E-state index contributed by atoms with van der Waals surface area (Å²) in [4.78, 5) is 13.3. The number of carbonyl (C=O) groups excluding carboxylic acids is 1. The standard InChI is InChI=1S/C12H16ClNO/c1-9(15)12(14(2)3)8-10-5-4-6-11(13)7-10/h4-7,12H,8H2,1-3H3/t12-/m0/s1. The van der Waals surface area contributed by atoms with Gasteiger partial charge in [0.15, 0.2) is 0 Å². The van der Waals surface area contributed by atoms with Crippen LogP contribution in [0.25, 0.3) is 0 Å². The van der Waals surface area contributed by atoms with Gasteiger partial charge in [0.2, 0.25) is 0 Å². The fourth-order valence-corrected chi connectivity index (χ4v) is 1.79. The molecule has 2 nitrogen and oxygen atoms in total. The maximum absolute atomic E-state index is 11.4. The minimum atomic E-state index is -0.0662. The molecule has 0 amide bonds. The van der Waals surface area contributed by atoms with Gasteiger partial charge in [-0.3, -0.25) is 9.69 Å². The van der Waals surface area contributed by atoms with Gasteiger partial charge in [-0.15, -0.1) is 0 Å². The Morgan fingerprint density at radius 1 is 1.47 bits per heavy atom. The van der Waals surface area contributed by atoms with Crippen molar-refractivity contribution in [3.8, 4) is 0 Å². The molecule has 1 atom stereocenters. The zero-order chi connectivity index (χ0) is 11.4. The molecule has 0 fully saturated rings. The molecule has 3 heteroatoms. The average Bonchev–Trinajstić information content (AvgIpc) is 2.13. The van der Waals surface area contributed by atoms with Crippen LogP contribution >= 0.6 is 11.6 Å². The number of nitrogens with zero attached hydrogens (tertiary/aromatic N) is 1. The lowest BCUT2D eigenvalue weighted by Crippen LogP contribution is -2.36. The first-order valence-corrected chi connectivity index (χ1v) is 5.30. The predicted molar refractivity (Wildman–Crippen MR) is 63.3 cm³/mol. The summed E-state index contributed by atoms with van der Waals surface area (Å²) in [5.74, 6) is 0.181. The Labute approximate surface area is 95.8 Å². The minimum absolute atomic E-state index is 0.0662. The molecule has 1 rings (SSSR count). The maximum Gasteiger partial charge on any atom is 0.147 e. The molecule has 0 bridgehead atoms. The van der Waals surface area contributed by atoms with E-state index in [9.17, 15) is 4.79 Å². The Morgan fingerprint density at radius 3 is 2.60 bits per heavy atom. The number of ketones is 1. The Kier molecular flexibility index (Phi) is 4.30. The predicted octanol–water partition coefficient (Wildman–Crippen LogP) is 2.40. The SMILES string of the molecule is CC(=O)[C@H](Cc1cccc(Cl)c1)N(C)C. The highest BCUT2D eigenvalue weighted by atomic mass is 35.5. The van der Waals surface area contributed by atoms with Gasteiger partial charge in [-0.25, -0.2) is 0 Å². The van der Waals surface area contributed by atoms with Crippen molar-refractivity contribution < 1.29 is 4.79 Å². The van der Waals surface area contributed by atoms with E-state index in [-0.39, 0.29) is 11.8 Å². The second-order valence-corrected chi connectivity index (χ2v) is 4.36. The molecular weight excluding hydrogens is 210 g/mol. The molecule has 0 aliphatic carbocycles. The van der Waals surface area contributed by atoms with Crippen LogP contribution in [0.4, 0.5) is 0 Å². The second kappa shape index (κ2) is 5.29. The third kappa shape index (κ3) is 3.65.